The standard InChI is InChI=1S/C27H29ClN10O/c1-34-10-12-35(13-11-34)24(39)17-37-16-22(15-30-37)31-26-32-25-23(6-3-9-38(25)33-26)36-18-27(19-36,7-8-29)20-4-2-5-21(28)14-20/h2-6,9,14-16H,7,10-13,17-19H2,1H3,(H,31,33). The number of nitrogens with zero attached hydrogens (tertiary/aromatic N) is 9. The molecule has 5 heterocycles. The van der Waals surface area contributed by atoms with Crippen molar-refractivity contribution in [3.05, 3.63) is 65.6 Å². The molecule has 0 aliphatic carbocycles. The third-order valence-electron chi connectivity index (χ3n) is 7.57. The van der Waals surface area contributed by atoms with E-state index in [1.807, 2.05) is 47.5 Å². The number of benzene rings is 1. The zero-order chi connectivity index (χ0) is 27.0. The lowest BCUT2D eigenvalue weighted by Crippen LogP contribution is -2.59. The molecule has 2 aliphatic heterocycles. The van der Waals surface area contributed by atoms with Crippen LogP contribution >= 0.6 is 11.6 Å². The SMILES string of the molecule is CN1CCN(C(=O)Cn2cc(Nc3nc4c(N5CC(CC#N)(c6cccc(Cl)c6)C5)cccn4n3)cn2)CC1. The number of fused-ring (bicyclic) bond motifs is 1. The molecule has 12 heteroatoms. The maximum Gasteiger partial charge on any atom is 0.247 e. The summed E-state index contributed by atoms with van der Waals surface area (Å²) in [5, 5.41) is 22.3. The van der Waals surface area contributed by atoms with E-state index in [9.17, 15) is 10.1 Å². The number of nitrogens with one attached hydrogen (secondary N) is 1. The van der Waals surface area contributed by atoms with Crippen molar-refractivity contribution in [1.29, 1.82) is 5.26 Å². The number of nitriles is 1. The molecule has 4 aromatic rings. The molecule has 0 unspecified atom stereocenters. The van der Waals surface area contributed by atoms with E-state index >= 15 is 0 Å². The van der Waals surface area contributed by atoms with Crippen LogP contribution in [-0.4, -0.2) is 86.4 Å². The van der Waals surface area contributed by atoms with Gasteiger partial charge in [-0.2, -0.15) is 15.3 Å². The fourth-order valence-electron chi connectivity index (χ4n) is 5.35. The van der Waals surface area contributed by atoms with Crippen LogP contribution in [0.4, 0.5) is 17.3 Å². The number of halogens is 1. The molecular formula is C27H29ClN10O. The molecule has 0 atom stereocenters. The highest BCUT2D eigenvalue weighted by molar-refractivity contribution is 6.30. The first-order valence-electron chi connectivity index (χ1n) is 12.9. The lowest BCUT2D eigenvalue weighted by molar-refractivity contribution is -0.133. The van der Waals surface area contributed by atoms with Gasteiger partial charge in [-0.3, -0.25) is 9.48 Å². The lowest BCUT2D eigenvalue weighted by atomic mass is 9.71. The van der Waals surface area contributed by atoms with Crippen LogP contribution in [0.1, 0.15) is 12.0 Å². The third kappa shape index (κ3) is 5.01. The number of likely N-dealkylation sites (N-methyl/N-ethyl adjacent to an activating group) is 1. The highest BCUT2D eigenvalue weighted by Crippen LogP contribution is 2.41. The van der Waals surface area contributed by atoms with Gasteiger partial charge in [0.05, 0.1) is 23.6 Å². The van der Waals surface area contributed by atoms with Gasteiger partial charge in [0.15, 0.2) is 5.65 Å². The Labute approximate surface area is 231 Å². The molecule has 0 bridgehead atoms. The van der Waals surface area contributed by atoms with E-state index in [4.69, 9.17) is 16.6 Å². The van der Waals surface area contributed by atoms with Gasteiger partial charge in [0.1, 0.15) is 6.54 Å². The summed E-state index contributed by atoms with van der Waals surface area (Å²) >= 11 is 6.25. The first-order valence-corrected chi connectivity index (χ1v) is 13.3. The molecule has 2 saturated heterocycles. The average molecular weight is 545 g/mol. The van der Waals surface area contributed by atoms with Crippen LogP contribution in [0.25, 0.3) is 5.65 Å². The number of pyridine rings is 1. The van der Waals surface area contributed by atoms with Crippen molar-refractivity contribution in [2.75, 3.05) is 56.5 Å². The minimum absolute atomic E-state index is 0.0630. The number of hydrogen-bond acceptors (Lipinski definition) is 8. The summed E-state index contributed by atoms with van der Waals surface area (Å²) in [5.74, 6) is 0.499. The monoisotopic (exact) mass is 544 g/mol. The second-order valence-corrected chi connectivity index (χ2v) is 10.8. The average Bonchev–Trinajstić information content (AvgIpc) is 3.52. The maximum atomic E-state index is 12.7. The first-order chi connectivity index (χ1) is 18.9. The highest BCUT2D eigenvalue weighted by Gasteiger charge is 2.45. The summed E-state index contributed by atoms with van der Waals surface area (Å²) in [5.41, 5.74) is 3.17. The third-order valence-corrected chi connectivity index (χ3v) is 7.80. The predicted molar refractivity (Wildman–Crippen MR) is 148 cm³/mol. The van der Waals surface area contributed by atoms with E-state index in [1.165, 1.54) is 0 Å². The van der Waals surface area contributed by atoms with Crippen LogP contribution in [0.5, 0.6) is 0 Å². The molecule has 0 spiro atoms. The molecule has 39 heavy (non-hydrogen) atoms. The van der Waals surface area contributed by atoms with Crippen LogP contribution < -0.4 is 10.2 Å². The van der Waals surface area contributed by atoms with Crippen molar-refractivity contribution in [3.8, 4) is 6.07 Å². The van der Waals surface area contributed by atoms with Crippen molar-refractivity contribution >= 4 is 40.5 Å². The number of carbonyl (C=O) groups is 1. The van der Waals surface area contributed by atoms with Gasteiger partial charge >= 0.3 is 0 Å². The number of aromatic nitrogens is 5. The molecule has 1 amide bonds. The van der Waals surface area contributed by atoms with Crippen LogP contribution in [0.15, 0.2) is 55.0 Å². The molecular weight excluding hydrogens is 516 g/mol. The Bertz CT molecular complexity index is 1540. The van der Waals surface area contributed by atoms with Gasteiger partial charge < -0.3 is 20.0 Å². The van der Waals surface area contributed by atoms with E-state index < -0.39 is 0 Å². The molecule has 3 aromatic heterocycles. The van der Waals surface area contributed by atoms with Gasteiger partial charge in [0.2, 0.25) is 11.9 Å². The topological polar surface area (TPSA) is 111 Å². The smallest absolute Gasteiger partial charge is 0.247 e. The van der Waals surface area contributed by atoms with Gasteiger partial charge in [-0.1, -0.05) is 23.7 Å². The Morgan fingerprint density at radius 1 is 1.18 bits per heavy atom. The van der Waals surface area contributed by atoms with Crippen LogP contribution in [0.2, 0.25) is 5.02 Å². The maximum absolute atomic E-state index is 12.7. The summed E-state index contributed by atoms with van der Waals surface area (Å²) in [6.07, 6.45) is 5.72. The summed E-state index contributed by atoms with van der Waals surface area (Å²) in [7, 11) is 2.07. The van der Waals surface area contributed by atoms with Gasteiger partial charge in [-0.25, -0.2) is 4.52 Å². The Morgan fingerprint density at radius 2 is 2.00 bits per heavy atom. The lowest BCUT2D eigenvalue weighted by Gasteiger charge is -2.50. The van der Waals surface area contributed by atoms with Crippen LogP contribution in [0.3, 0.4) is 0 Å². The second-order valence-electron chi connectivity index (χ2n) is 10.3. The van der Waals surface area contributed by atoms with Crippen LogP contribution in [-0.2, 0) is 16.8 Å². The minimum atomic E-state index is -0.274. The quantitative estimate of drug-likeness (QED) is 0.378. The molecule has 0 radical (unpaired) electrons. The molecule has 2 aliphatic rings. The van der Waals surface area contributed by atoms with Gasteiger partial charge in [0.25, 0.3) is 0 Å². The van der Waals surface area contributed by atoms with Gasteiger partial charge in [-0.05, 0) is 36.9 Å². The van der Waals surface area contributed by atoms with Crippen molar-refractivity contribution in [2.24, 2.45) is 0 Å². The molecule has 6 rings (SSSR count). The summed E-state index contributed by atoms with van der Waals surface area (Å²) < 4.78 is 3.37. The van der Waals surface area contributed by atoms with E-state index in [-0.39, 0.29) is 17.9 Å². The Morgan fingerprint density at radius 3 is 2.77 bits per heavy atom. The largest absolute Gasteiger partial charge is 0.366 e. The van der Waals surface area contributed by atoms with E-state index in [0.29, 0.717) is 41.8 Å². The minimum Gasteiger partial charge on any atom is -0.366 e. The number of amides is 1. The van der Waals surface area contributed by atoms with Crippen molar-refractivity contribution in [3.63, 3.8) is 0 Å². The van der Waals surface area contributed by atoms with E-state index in [1.54, 1.807) is 21.6 Å². The van der Waals surface area contributed by atoms with E-state index in [0.717, 1.165) is 37.4 Å². The Kier molecular flexibility index (Phi) is 6.58. The molecule has 200 valence electrons. The van der Waals surface area contributed by atoms with Gasteiger partial charge in [0, 0.05) is 68.5 Å². The van der Waals surface area contributed by atoms with Crippen molar-refractivity contribution in [1.82, 2.24) is 34.2 Å². The molecule has 11 nitrogen and oxygen atoms in total. The van der Waals surface area contributed by atoms with Gasteiger partial charge in [-0.15, -0.1) is 5.10 Å². The molecule has 2 fully saturated rings. The number of anilines is 3. The fraction of sp³-hybridized carbons (Fsp3) is 0.370. The predicted octanol–water partition coefficient (Wildman–Crippen LogP) is 2.77. The number of hydrogen-bond donors (Lipinski definition) is 1. The molecule has 1 N–H and O–H groups in total. The van der Waals surface area contributed by atoms with Crippen molar-refractivity contribution < 1.29 is 4.79 Å². The fourth-order valence-corrected chi connectivity index (χ4v) is 5.54. The van der Waals surface area contributed by atoms with Crippen LogP contribution in [0, 0.1) is 11.3 Å². The van der Waals surface area contributed by atoms with Crippen molar-refractivity contribution in [2.45, 2.75) is 18.4 Å². The Balaban J connectivity index is 1.15. The molecule has 1 aromatic carbocycles. The number of carbonyl (C=O) groups excluding carboxylic acids is 1. The summed E-state index contributed by atoms with van der Waals surface area (Å²) in [4.78, 5) is 23.7. The van der Waals surface area contributed by atoms with E-state index in [2.05, 4.69) is 38.4 Å². The normalized spacial score (nSPS) is 17.2. The zero-order valence-corrected chi connectivity index (χ0v) is 22.4. The number of rotatable bonds is 7. The second kappa shape index (κ2) is 10.2. The zero-order valence-electron chi connectivity index (χ0n) is 21.7. The summed E-state index contributed by atoms with van der Waals surface area (Å²) in [6.45, 7) is 4.81. The molecule has 0 saturated carbocycles. The first kappa shape index (κ1) is 25.2. The number of piperazine rings is 1. The summed E-state index contributed by atoms with van der Waals surface area (Å²) in [6, 6.07) is 14.1. The highest BCUT2D eigenvalue weighted by atomic mass is 35.5. The Hall–Kier alpha value is -4.14.